The van der Waals surface area contributed by atoms with Gasteiger partial charge in [-0.15, -0.1) is 0 Å². The Labute approximate surface area is 107 Å². The van der Waals surface area contributed by atoms with Gasteiger partial charge in [-0.25, -0.2) is 0 Å². The minimum Gasteiger partial charge on any atom is -0.466 e. The molecule has 1 aromatic carbocycles. The molecule has 0 N–H and O–H groups in total. The van der Waals surface area contributed by atoms with Crippen LogP contribution in [-0.4, -0.2) is 12.6 Å². The molecule has 0 aromatic heterocycles. The van der Waals surface area contributed by atoms with Crippen LogP contribution in [0.1, 0.15) is 36.0 Å². The number of hydrogen-bond acceptors (Lipinski definition) is 2. The van der Waals surface area contributed by atoms with E-state index < -0.39 is 0 Å². The molecule has 3 atom stereocenters. The van der Waals surface area contributed by atoms with Gasteiger partial charge in [0.25, 0.3) is 0 Å². The Morgan fingerprint density at radius 2 is 2.28 bits per heavy atom. The molecular weight excluding hydrogens is 224 g/mol. The lowest BCUT2D eigenvalue weighted by Gasteiger charge is -2.13. The maximum Gasteiger partial charge on any atom is 0.310 e. The van der Waals surface area contributed by atoms with Crippen molar-refractivity contribution in [2.75, 3.05) is 6.61 Å². The van der Waals surface area contributed by atoms with Gasteiger partial charge in [0, 0.05) is 5.92 Å². The number of ether oxygens (including phenoxy) is 1. The molecule has 0 saturated heterocycles. The molecule has 3 aliphatic carbocycles. The van der Waals surface area contributed by atoms with E-state index in [1.807, 2.05) is 6.92 Å². The van der Waals surface area contributed by atoms with Crippen molar-refractivity contribution in [1.29, 1.82) is 0 Å². The van der Waals surface area contributed by atoms with Crippen molar-refractivity contribution in [3.8, 4) is 0 Å². The topological polar surface area (TPSA) is 26.3 Å². The maximum atomic E-state index is 11.9. The molecule has 0 radical (unpaired) electrons. The maximum absolute atomic E-state index is 11.9. The number of allylic oxidation sites excluding steroid dienone is 2. The molecule has 0 bridgehead atoms. The first-order valence-corrected chi connectivity index (χ1v) is 6.80. The molecule has 0 amide bonds. The molecule has 0 aliphatic heterocycles. The summed E-state index contributed by atoms with van der Waals surface area (Å²) in [5, 5.41) is 0. The molecule has 1 saturated carbocycles. The third-order valence-corrected chi connectivity index (χ3v) is 4.55. The Morgan fingerprint density at radius 3 is 3.11 bits per heavy atom. The van der Waals surface area contributed by atoms with E-state index in [0.29, 0.717) is 18.4 Å². The number of carbonyl (C=O) groups is 1. The highest BCUT2D eigenvalue weighted by molar-refractivity contribution is 5.86. The van der Waals surface area contributed by atoms with E-state index >= 15 is 0 Å². The Morgan fingerprint density at radius 1 is 1.39 bits per heavy atom. The van der Waals surface area contributed by atoms with Gasteiger partial charge in [0.15, 0.2) is 0 Å². The fourth-order valence-electron chi connectivity index (χ4n) is 3.78. The fourth-order valence-corrected chi connectivity index (χ4v) is 3.78. The molecule has 1 aromatic rings. The summed E-state index contributed by atoms with van der Waals surface area (Å²) < 4.78 is 5.19. The number of rotatable bonds is 2. The van der Waals surface area contributed by atoms with Crippen molar-refractivity contribution in [3.05, 3.63) is 41.0 Å². The molecule has 2 nitrogen and oxygen atoms in total. The summed E-state index contributed by atoms with van der Waals surface area (Å²) in [5.74, 6) is 0.859. The number of fused-ring (bicyclic) bond motifs is 2. The van der Waals surface area contributed by atoms with Crippen LogP contribution >= 0.6 is 0 Å². The van der Waals surface area contributed by atoms with Crippen LogP contribution in [0.2, 0.25) is 0 Å². The molecule has 92 valence electrons. The minimum absolute atomic E-state index is 0.0121. The Bertz CT molecular complexity index is 570. The molecular formula is C16H16O2. The van der Waals surface area contributed by atoms with Crippen molar-refractivity contribution < 1.29 is 9.53 Å². The number of benzene rings is 1. The molecule has 1 fully saturated rings. The quantitative estimate of drug-likeness (QED) is 0.743. The third-order valence-electron chi connectivity index (χ3n) is 4.55. The standard InChI is InChI=1S/C16H16O2/c1-2-18-16(17)15-12-8-10-7-6-9-4-3-5-11(13(9)10)14(12)15/h3-5,8,12,14-15H,2,6-7H2,1H3/t12-,14-,15-/m0/s1. The molecule has 0 spiro atoms. The second-order valence-corrected chi connectivity index (χ2v) is 5.45. The van der Waals surface area contributed by atoms with E-state index in [4.69, 9.17) is 4.74 Å². The zero-order valence-electron chi connectivity index (χ0n) is 10.5. The lowest BCUT2D eigenvalue weighted by atomic mass is 9.91. The highest BCUT2D eigenvalue weighted by atomic mass is 16.5. The van der Waals surface area contributed by atoms with Crippen molar-refractivity contribution in [1.82, 2.24) is 0 Å². The van der Waals surface area contributed by atoms with Gasteiger partial charge in [0.2, 0.25) is 0 Å². The molecule has 4 rings (SSSR count). The van der Waals surface area contributed by atoms with E-state index in [0.717, 1.165) is 6.42 Å². The van der Waals surface area contributed by atoms with Crippen molar-refractivity contribution in [3.63, 3.8) is 0 Å². The van der Waals surface area contributed by atoms with E-state index in [1.54, 1.807) is 0 Å². The number of esters is 1. The SMILES string of the molecule is CCOC(=O)[C@H]1[C@H]2C=C3CCc4cccc(c43)[C@@H]21. The lowest BCUT2D eigenvalue weighted by Crippen LogP contribution is -2.08. The Balaban J connectivity index is 1.76. The van der Waals surface area contributed by atoms with Crippen molar-refractivity contribution in [2.24, 2.45) is 11.8 Å². The van der Waals surface area contributed by atoms with Crippen LogP contribution in [-0.2, 0) is 16.0 Å². The second kappa shape index (κ2) is 3.47. The largest absolute Gasteiger partial charge is 0.466 e. The van der Waals surface area contributed by atoms with Crippen LogP contribution in [0.4, 0.5) is 0 Å². The van der Waals surface area contributed by atoms with Gasteiger partial charge in [0.05, 0.1) is 12.5 Å². The van der Waals surface area contributed by atoms with Crippen LogP contribution in [0.3, 0.4) is 0 Å². The number of hydrogen-bond donors (Lipinski definition) is 0. The second-order valence-electron chi connectivity index (χ2n) is 5.45. The Kier molecular flexibility index (Phi) is 2.00. The third kappa shape index (κ3) is 1.21. The van der Waals surface area contributed by atoms with Crippen LogP contribution in [0.5, 0.6) is 0 Å². The van der Waals surface area contributed by atoms with Crippen LogP contribution in [0, 0.1) is 11.8 Å². The molecule has 0 heterocycles. The minimum atomic E-state index is -0.0121. The molecule has 18 heavy (non-hydrogen) atoms. The lowest BCUT2D eigenvalue weighted by molar-refractivity contribution is -0.145. The first-order valence-electron chi connectivity index (χ1n) is 6.80. The summed E-state index contributed by atoms with van der Waals surface area (Å²) in [5.41, 5.74) is 5.77. The summed E-state index contributed by atoms with van der Waals surface area (Å²) >= 11 is 0. The predicted molar refractivity (Wildman–Crippen MR) is 69.1 cm³/mol. The van der Waals surface area contributed by atoms with Gasteiger partial charge in [-0.3, -0.25) is 4.79 Å². The summed E-state index contributed by atoms with van der Waals surface area (Å²) in [7, 11) is 0. The average molecular weight is 240 g/mol. The van der Waals surface area contributed by atoms with Gasteiger partial charge in [-0.2, -0.15) is 0 Å². The smallest absolute Gasteiger partial charge is 0.310 e. The zero-order chi connectivity index (χ0) is 12.3. The van der Waals surface area contributed by atoms with Gasteiger partial charge in [-0.05, 0) is 47.9 Å². The summed E-state index contributed by atoms with van der Waals surface area (Å²) in [6.07, 6.45) is 4.65. The van der Waals surface area contributed by atoms with E-state index in [1.165, 1.54) is 28.7 Å². The zero-order valence-corrected chi connectivity index (χ0v) is 10.5. The predicted octanol–water partition coefficient (Wildman–Crippen LogP) is 2.92. The van der Waals surface area contributed by atoms with Crippen molar-refractivity contribution in [2.45, 2.75) is 25.7 Å². The van der Waals surface area contributed by atoms with Gasteiger partial charge < -0.3 is 4.74 Å². The van der Waals surface area contributed by atoms with Crippen LogP contribution < -0.4 is 0 Å². The summed E-state index contributed by atoms with van der Waals surface area (Å²) in [4.78, 5) is 11.9. The van der Waals surface area contributed by atoms with Crippen LogP contribution in [0.25, 0.3) is 5.57 Å². The summed E-state index contributed by atoms with van der Waals surface area (Å²) in [6.45, 7) is 2.36. The first-order chi connectivity index (χ1) is 8.81. The van der Waals surface area contributed by atoms with Gasteiger partial charge in [0.1, 0.15) is 0 Å². The molecule has 0 unspecified atom stereocenters. The highest BCUT2D eigenvalue weighted by Gasteiger charge is 2.58. The summed E-state index contributed by atoms with van der Waals surface area (Å²) in [6, 6.07) is 6.57. The molecule has 3 aliphatic rings. The Hall–Kier alpha value is -1.57. The van der Waals surface area contributed by atoms with E-state index in [2.05, 4.69) is 24.3 Å². The van der Waals surface area contributed by atoms with E-state index in [9.17, 15) is 4.79 Å². The van der Waals surface area contributed by atoms with Gasteiger partial charge >= 0.3 is 5.97 Å². The van der Waals surface area contributed by atoms with E-state index in [-0.39, 0.29) is 11.9 Å². The normalized spacial score (nSPS) is 30.3. The highest BCUT2D eigenvalue weighted by Crippen LogP contribution is 2.62. The fraction of sp³-hybridized carbons (Fsp3) is 0.438. The number of aryl methyl sites for hydroxylation is 1. The first kappa shape index (κ1) is 10.4. The van der Waals surface area contributed by atoms with Crippen LogP contribution in [0.15, 0.2) is 24.3 Å². The number of carbonyl (C=O) groups excluding carboxylic acids is 1. The average Bonchev–Trinajstić information content (AvgIpc) is 2.96. The molecule has 2 heteroatoms. The monoisotopic (exact) mass is 240 g/mol. The van der Waals surface area contributed by atoms with Gasteiger partial charge in [-0.1, -0.05) is 24.3 Å². The van der Waals surface area contributed by atoms with Crippen molar-refractivity contribution >= 4 is 11.5 Å².